The molecule has 0 bridgehead atoms. The molecule has 0 saturated carbocycles. The number of allylic oxidation sites excluding steroid dienone is 4. The normalized spacial score (nSPS) is 13.0. The molecule has 0 radical (unpaired) electrons. The molecule has 0 saturated heterocycles. The largest absolute Gasteiger partial charge is 0.265 e. The van der Waals surface area contributed by atoms with E-state index in [0.29, 0.717) is 11.3 Å². The molecule has 0 spiro atoms. The molecule has 5 nitrogen and oxygen atoms in total. The summed E-state index contributed by atoms with van der Waals surface area (Å²) in [7, 11) is -3.68. The van der Waals surface area contributed by atoms with Crippen molar-refractivity contribution in [2.45, 2.75) is 20.8 Å². The Hall–Kier alpha value is -2.39. The zero-order valence-electron chi connectivity index (χ0n) is 12.0. The predicted octanol–water partition coefficient (Wildman–Crippen LogP) is 2.32. The van der Waals surface area contributed by atoms with Crippen molar-refractivity contribution >= 4 is 21.1 Å². The van der Waals surface area contributed by atoms with Gasteiger partial charge in [0, 0.05) is 11.1 Å². The van der Waals surface area contributed by atoms with Crippen LogP contribution in [-0.2, 0) is 10.0 Å². The van der Waals surface area contributed by atoms with E-state index >= 15 is 0 Å². The van der Waals surface area contributed by atoms with Crippen LogP contribution in [0.25, 0.3) is 11.0 Å². The lowest BCUT2D eigenvalue weighted by molar-refractivity contribution is 0.594. The van der Waals surface area contributed by atoms with Crippen LogP contribution >= 0.6 is 0 Å². The van der Waals surface area contributed by atoms with Crippen LogP contribution in [0.4, 0.5) is 0 Å². The summed E-state index contributed by atoms with van der Waals surface area (Å²) in [6, 6.07) is 1.77. The molecule has 0 unspecified atom stereocenters. The van der Waals surface area contributed by atoms with E-state index in [4.69, 9.17) is 6.42 Å². The van der Waals surface area contributed by atoms with Crippen molar-refractivity contribution in [3.63, 3.8) is 0 Å². The summed E-state index contributed by atoms with van der Waals surface area (Å²) in [6.45, 7) is 5.07. The minimum Gasteiger partial charge on any atom is -0.241 e. The van der Waals surface area contributed by atoms with Gasteiger partial charge in [0.05, 0.1) is 10.6 Å². The fraction of sp³-hybridized carbons (Fsp3) is 0.200. The molecule has 0 fully saturated rings. The predicted molar refractivity (Wildman–Crippen MR) is 83.0 cm³/mol. The lowest BCUT2D eigenvalue weighted by atomic mass is 10.3. The third-order valence-corrected chi connectivity index (χ3v) is 4.99. The number of aryl methyl sites for hydroxylation is 2. The molecule has 0 N–H and O–H groups in total. The van der Waals surface area contributed by atoms with Crippen molar-refractivity contribution in [2.24, 2.45) is 0 Å². The van der Waals surface area contributed by atoms with E-state index in [9.17, 15) is 8.42 Å². The molecule has 0 aliphatic carbocycles. The molecule has 0 aliphatic heterocycles. The second-order valence-corrected chi connectivity index (χ2v) is 6.51. The summed E-state index contributed by atoms with van der Waals surface area (Å²) in [5.74, 6) is 2.31. The zero-order chi connectivity index (χ0) is 15.6. The Morgan fingerprint density at radius 1 is 1.38 bits per heavy atom. The third kappa shape index (κ3) is 2.60. The van der Waals surface area contributed by atoms with Crippen molar-refractivity contribution in [1.82, 2.24) is 13.9 Å². The quantitative estimate of drug-likeness (QED) is 0.644. The number of aromatic nitrogens is 3. The molecule has 2 rings (SSSR count). The monoisotopic (exact) mass is 301 g/mol. The highest BCUT2D eigenvalue weighted by Gasteiger charge is 2.22. The third-order valence-electron chi connectivity index (χ3n) is 3.10. The van der Waals surface area contributed by atoms with Crippen LogP contribution in [0.1, 0.15) is 18.3 Å². The van der Waals surface area contributed by atoms with Gasteiger partial charge in [0.15, 0.2) is 5.65 Å². The molecule has 0 atom stereocenters. The van der Waals surface area contributed by atoms with Gasteiger partial charge >= 0.3 is 0 Å². The molecular weight excluding hydrogens is 286 g/mol. The maximum atomic E-state index is 12.7. The summed E-state index contributed by atoms with van der Waals surface area (Å²) in [5, 5.41) is 0.727. The van der Waals surface area contributed by atoms with Crippen molar-refractivity contribution in [3.8, 4) is 12.3 Å². The number of nitrogens with zero attached hydrogens (tertiary/aromatic N) is 3. The van der Waals surface area contributed by atoms with E-state index in [1.54, 1.807) is 13.0 Å². The van der Waals surface area contributed by atoms with Crippen LogP contribution in [0.3, 0.4) is 0 Å². The molecule has 0 amide bonds. The molecule has 2 aromatic rings. The van der Waals surface area contributed by atoms with Gasteiger partial charge in [-0.15, -0.1) is 6.42 Å². The summed E-state index contributed by atoms with van der Waals surface area (Å²) in [4.78, 5) is 8.37. The highest BCUT2D eigenvalue weighted by Crippen LogP contribution is 2.24. The van der Waals surface area contributed by atoms with Crippen LogP contribution in [0.15, 0.2) is 35.5 Å². The topological polar surface area (TPSA) is 64.8 Å². The average Bonchev–Trinajstić information content (AvgIpc) is 2.77. The average molecular weight is 301 g/mol. The SMILES string of the molecule is C#C/C=C\C=C(/C)S(=O)(=O)n1c(C)cc2c(C)ncnc21. The first-order chi connectivity index (χ1) is 9.89. The van der Waals surface area contributed by atoms with Crippen LogP contribution < -0.4 is 0 Å². The van der Waals surface area contributed by atoms with E-state index in [-0.39, 0.29) is 4.91 Å². The zero-order valence-corrected chi connectivity index (χ0v) is 12.8. The van der Waals surface area contributed by atoms with Gasteiger partial charge in [-0.2, -0.15) is 0 Å². The maximum absolute atomic E-state index is 12.7. The fourth-order valence-corrected chi connectivity index (χ4v) is 3.35. The molecule has 0 aliphatic rings. The lowest BCUT2D eigenvalue weighted by Crippen LogP contribution is -2.15. The second-order valence-electron chi connectivity index (χ2n) is 4.55. The minimum absolute atomic E-state index is 0.186. The molecule has 0 aromatic carbocycles. The Morgan fingerprint density at radius 3 is 2.76 bits per heavy atom. The van der Waals surface area contributed by atoms with Gasteiger partial charge < -0.3 is 0 Å². The van der Waals surface area contributed by atoms with Crippen LogP contribution in [-0.4, -0.2) is 22.4 Å². The Kier molecular flexibility index (Phi) is 3.96. The Balaban J connectivity index is 2.69. The van der Waals surface area contributed by atoms with E-state index in [1.165, 1.54) is 35.5 Å². The first-order valence-corrected chi connectivity index (χ1v) is 7.68. The number of hydrogen-bond acceptors (Lipinski definition) is 4. The maximum Gasteiger partial charge on any atom is 0.265 e. The Bertz CT molecular complexity index is 897. The van der Waals surface area contributed by atoms with E-state index in [2.05, 4.69) is 15.9 Å². The lowest BCUT2D eigenvalue weighted by Gasteiger charge is -2.09. The summed E-state index contributed by atoms with van der Waals surface area (Å²) in [5.41, 5.74) is 1.71. The van der Waals surface area contributed by atoms with Crippen LogP contribution in [0.5, 0.6) is 0 Å². The first kappa shape index (κ1) is 15.0. The van der Waals surface area contributed by atoms with Gasteiger partial charge in [0.2, 0.25) is 0 Å². The summed E-state index contributed by atoms with van der Waals surface area (Å²) in [6.07, 6.45) is 10.9. The highest BCUT2D eigenvalue weighted by atomic mass is 32.2. The van der Waals surface area contributed by atoms with Gasteiger partial charge in [-0.25, -0.2) is 22.4 Å². The minimum atomic E-state index is -3.68. The molecule has 2 heterocycles. The second kappa shape index (κ2) is 5.54. The fourth-order valence-electron chi connectivity index (χ4n) is 2.01. The Morgan fingerprint density at radius 2 is 2.10 bits per heavy atom. The van der Waals surface area contributed by atoms with E-state index < -0.39 is 10.0 Å². The number of terminal acetylenes is 1. The van der Waals surface area contributed by atoms with Gasteiger partial charge in [-0.1, -0.05) is 12.0 Å². The molecule has 2 aromatic heterocycles. The first-order valence-electron chi connectivity index (χ1n) is 6.24. The van der Waals surface area contributed by atoms with E-state index in [1.807, 2.05) is 6.92 Å². The van der Waals surface area contributed by atoms with Crippen molar-refractivity contribution < 1.29 is 8.42 Å². The van der Waals surface area contributed by atoms with Crippen molar-refractivity contribution in [2.75, 3.05) is 0 Å². The standard InChI is InChI=1S/C15H15N3O2S/c1-5-6-7-8-12(3)21(19,20)18-11(2)9-14-13(4)16-10-17-15(14)18/h1,6-10H,2-4H3/b7-6-,12-8+. The molecule has 21 heavy (non-hydrogen) atoms. The summed E-state index contributed by atoms with van der Waals surface area (Å²) < 4.78 is 26.6. The Labute approximate surface area is 124 Å². The van der Waals surface area contributed by atoms with Crippen LogP contribution in [0, 0.1) is 26.2 Å². The smallest absolute Gasteiger partial charge is 0.241 e. The van der Waals surface area contributed by atoms with Crippen molar-refractivity contribution in [3.05, 3.63) is 46.9 Å². The van der Waals surface area contributed by atoms with Crippen LogP contribution in [0.2, 0.25) is 0 Å². The van der Waals surface area contributed by atoms with Gasteiger partial charge in [0.25, 0.3) is 10.0 Å². The van der Waals surface area contributed by atoms with Gasteiger partial charge in [-0.05, 0) is 39.0 Å². The number of fused-ring (bicyclic) bond motifs is 1. The summed E-state index contributed by atoms with van der Waals surface area (Å²) >= 11 is 0. The number of rotatable bonds is 3. The van der Waals surface area contributed by atoms with E-state index in [0.717, 1.165) is 11.1 Å². The van der Waals surface area contributed by atoms with Gasteiger partial charge in [-0.3, -0.25) is 0 Å². The van der Waals surface area contributed by atoms with Crippen molar-refractivity contribution in [1.29, 1.82) is 0 Å². The van der Waals surface area contributed by atoms with Gasteiger partial charge in [0.1, 0.15) is 6.33 Å². The molecular formula is C15H15N3O2S. The molecule has 6 heteroatoms. The highest BCUT2D eigenvalue weighted by molar-refractivity contribution is 7.93. The molecule has 108 valence electrons. The number of hydrogen-bond donors (Lipinski definition) is 0.